The molecule has 0 aliphatic carbocycles. The number of anilines is 1. The van der Waals surface area contributed by atoms with Crippen LogP contribution in [0.2, 0.25) is 0 Å². The lowest BCUT2D eigenvalue weighted by Crippen LogP contribution is -1.98. The molecule has 0 amide bonds. The number of carbonyl (C=O) groups excluding carboxylic acids is 1. The summed E-state index contributed by atoms with van der Waals surface area (Å²) in [5.41, 5.74) is 7.14. The van der Waals surface area contributed by atoms with Crippen molar-refractivity contribution in [1.29, 1.82) is 0 Å². The van der Waals surface area contributed by atoms with Crippen molar-refractivity contribution in [2.45, 2.75) is 6.92 Å². The van der Waals surface area contributed by atoms with Crippen molar-refractivity contribution in [2.75, 3.05) is 12.3 Å². The Bertz CT molecular complexity index is 328. The van der Waals surface area contributed by atoms with Crippen molar-refractivity contribution in [2.24, 2.45) is 0 Å². The van der Waals surface area contributed by atoms with Gasteiger partial charge in [-0.05, 0) is 30.7 Å². The van der Waals surface area contributed by atoms with Crippen LogP contribution in [0.5, 0.6) is 0 Å². The fourth-order valence-electron chi connectivity index (χ4n) is 0.962. The molecule has 0 atom stereocenters. The number of rotatable bonds is 3. The smallest absolute Gasteiger partial charge is 0.330 e. The fourth-order valence-corrected chi connectivity index (χ4v) is 0.962. The molecular weight excluding hydrogens is 178 g/mol. The van der Waals surface area contributed by atoms with Gasteiger partial charge in [0, 0.05) is 11.8 Å². The van der Waals surface area contributed by atoms with Gasteiger partial charge in [-0.2, -0.15) is 0 Å². The van der Waals surface area contributed by atoms with E-state index in [0.29, 0.717) is 12.3 Å². The normalized spacial score (nSPS) is 10.4. The number of nitrogen functional groups attached to an aromatic ring is 1. The van der Waals surface area contributed by atoms with E-state index in [9.17, 15) is 4.79 Å². The topological polar surface area (TPSA) is 52.3 Å². The second-order valence-electron chi connectivity index (χ2n) is 2.75. The van der Waals surface area contributed by atoms with E-state index in [2.05, 4.69) is 0 Å². The van der Waals surface area contributed by atoms with Crippen molar-refractivity contribution in [3.63, 3.8) is 0 Å². The lowest BCUT2D eigenvalue weighted by Gasteiger charge is -1.96. The lowest BCUT2D eigenvalue weighted by atomic mass is 10.2. The lowest BCUT2D eigenvalue weighted by molar-refractivity contribution is -0.137. The minimum atomic E-state index is -0.329. The Morgan fingerprint density at radius 2 is 2.07 bits per heavy atom. The fraction of sp³-hybridized carbons (Fsp3) is 0.182. The molecule has 74 valence electrons. The number of nitrogens with two attached hydrogens (primary N) is 1. The van der Waals surface area contributed by atoms with Crippen molar-refractivity contribution in [3.8, 4) is 0 Å². The number of hydrogen-bond acceptors (Lipinski definition) is 3. The molecule has 0 aromatic heterocycles. The molecule has 0 saturated heterocycles. The summed E-state index contributed by atoms with van der Waals surface area (Å²) >= 11 is 0. The predicted octanol–water partition coefficient (Wildman–Crippen LogP) is 1.85. The minimum Gasteiger partial charge on any atom is -0.463 e. The molecule has 0 unspecified atom stereocenters. The van der Waals surface area contributed by atoms with Gasteiger partial charge in [0.2, 0.25) is 0 Å². The van der Waals surface area contributed by atoms with Crippen molar-refractivity contribution in [1.82, 2.24) is 0 Å². The molecule has 0 spiro atoms. The third-order valence-corrected chi connectivity index (χ3v) is 1.63. The van der Waals surface area contributed by atoms with Crippen LogP contribution in [0.25, 0.3) is 6.08 Å². The molecule has 0 radical (unpaired) electrons. The second kappa shape index (κ2) is 5.07. The highest BCUT2D eigenvalue weighted by Gasteiger charge is 1.93. The van der Waals surface area contributed by atoms with Crippen LogP contribution in [0.1, 0.15) is 12.5 Å². The van der Waals surface area contributed by atoms with Crippen LogP contribution in [0.15, 0.2) is 30.3 Å². The second-order valence-corrected chi connectivity index (χ2v) is 2.75. The quantitative estimate of drug-likeness (QED) is 0.450. The highest BCUT2D eigenvalue weighted by atomic mass is 16.5. The molecule has 1 aromatic carbocycles. The largest absolute Gasteiger partial charge is 0.463 e. The number of ether oxygens (including phenoxy) is 1. The van der Waals surface area contributed by atoms with E-state index >= 15 is 0 Å². The van der Waals surface area contributed by atoms with Crippen LogP contribution in [-0.4, -0.2) is 12.6 Å². The molecular formula is C11H13NO2. The Labute approximate surface area is 83.2 Å². The summed E-state index contributed by atoms with van der Waals surface area (Å²) < 4.78 is 4.74. The van der Waals surface area contributed by atoms with Gasteiger partial charge in [0.25, 0.3) is 0 Å². The zero-order chi connectivity index (χ0) is 10.4. The maximum Gasteiger partial charge on any atom is 0.330 e. The van der Waals surface area contributed by atoms with Crippen LogP contribution >= 0.6 is 0 Å². The first-order valence-electron chi connectivity index (χ1n) is 4.42. The Balaban J connectivity index is 2.60. The maximum atomic E-state index is 10.9. The molecule has 0 heterocycles. The first kappa shape index (κ1) is 10.3. The van der Waals surface area contributed by atoms with Gasteiger partial charge in [0.05, 0.1) is 6.61 Å². The van der Waals surface area contributed by atoms with Crippen molar-refractivity contribution in [3.05, 3.63) is 35.9 Å². The van der Waals surface area contributed by atoms with Gasteiger partial charge in [-0.15, -0.1) is 0 Å². The zero-order valence-corrected chi connectivity index (χ0v) is 8.07. The van der Waals surface area contributed by atoms with Gasteiger partial charge in [-0.25, -0.2) is 4.79 Å². The number of hydrogen-bond donors (Lipinski definition) is 1. The number of esters is 1. The predicted molar refractivity (Wildman–Crippen MR) is 56.5 cm³/mol. The SMILES string of the molecule is CCOC(=O)/C=C\c1ccc(N)cc1. The first-order chi connectivity index (χ1) is 6.72. The summed E-state index contributed by atoms with van der Waals surface area (Å²) in [6.45, 7) is 2.17. The Kier molecular flexibility index (Phi) is 3.73. The molecule has 0 bridgehead atoms. The molecule has 0 aliphatic rings. The summed E-state index contributed by atoms with van der Waals surface area (Å²) in [7, 11) is 0. The molecule has 1 rings (SSSR count). The van der Waals surface area contributed by atoms with Crippen LogP contribution in [0, 0.1) is 0 Å². The van der Waals surface area contributed by atoms with Gasteiger partial charge in [0.15, 0.2) is 0 Å². The standard InChI is InChI=1S/C11H13NO2/c1-2-14-11(13)8-5-9-3-6-10(12)7-4-9/h3-8H,2,12H2,1H3/b8-5-. The third-order valence-electron chi connectivity index (χ3n) is 1.63. The van der Waals surface area contributed by atoms with Gasteiger partial charge in [-0.1, -0.05) is 12.1 Å². The summed E-state index contributed by atoms with van der Waals surface area (Å²) in [6, 6.07) is 7.24. The summed E-state index contributed by atoms with van der Waals surface area (Å²) in [5.74, 6) is -0.329. The molecule has 0 saturated carbocycles. The third kappa shape index (κ3) is 3.31. The van der Waals surface area contributed by atoms with E-state index in [-0.39, 0.29) is 5.97 Å². The maximum absolute atomic E-state index is 10.9. The number of carbonyl (C=O) groups is 1. The van der Waals surface area contributed by atoms with E-state index in [4.69, 9.17) is 10.5 Å². The van der Waals surface area contributed by atoms with Gasteiger partial charge < -0.3 is 10.5 Å². The van der Waals surface area contributed by atoms with Crippen molar-refractivity contribution < 1.29 is 9.53 Å². The molecule has 14 heavy (non-hydrogen) atoms. The average molecular weight is 191 g/mol. The Hall–Kier alpha value is -1.77. The minimum absolute atomic E-state index is 0.329. The summed E-state index contributed by atoms with van der Waals surface area (Å²) in [5, 5.41) is 0. The van der Waals surface area contributed by atoms with Gasteiger partial charge in [0.1, 0.15) is 0 Å². The van der Waals surface area contributed by atoms with Crippen LogP contribution in [0.4, 0.5) is 5.69 Å². The van der Waals surface area contributed by atoms with Crippen LogP contribution in [0.3, 0.4) is 0 Å². The van der Waals surface area contributed by atoms with E-state index < -0.39 is 0 Å². The van der Waals surface area contributed by atoms with E-state index in [1.165, 1.54) is 6.08 Å². The Morgan fingerprint density at radius 3 is 2.64 bits per heavy atom. The number of benzene rings is 1. The average Bonchev–Trinajstić information content (AvgIpc) is 2.17. The van der Waals surface area contributed by atoms with Gasteiger partial charge >= 0.3 is 5.97 Å². The molecule has 1 aromatic rings. The highest BCUT2D eigenvalue weighted by Crippen LogP contribution is 2.06. The van der Waals surface area contributed by atoms with E-state index in [1.807, 2.05) is 12.1 Å². The highest BCUT2D eigenvalue weighted by molar-refractivity contribution is 5.87. The molecule has 0 fully saturated rings. The molecule has 0 aliphatic heterocycles. The van der Waals surface area contributed by atoms with E-state index in [1.54, 1.807) is 25.1 Å². The molecule has 2 N–H and O–H groups in total. The van der Waals surface area contributed by atoms with Crippen LogP contribution in [-0.2, 0) is 9.53 Å². The Morgan fingerprint density at radius 1 is 1.43 bits per heavy atom. The first-order valence-corrected chi connectivity index (χ1v) is 4.42. The van der Waals surface area contributed by atoms with Crippen LogP contribution < -0.4 is 5.73 Å². The van der Waals surface area contributed by atoms with E-state index in [0.717, 1.165) is 5.56 Å². The van der Waals surface area contributed by atoms with Gasteiger partial charge in [-0.3, -0.25) is 0 Å². The monoisotopic (exact) mass is 191 g/mol. The molecule has 3 nitrogen and oxygen atoms in total. The molecule has 3 heteroatoms. The summed E-state index contributed by atoms with van der Waals surface area (Å²) in [4.78, 5) is 10.9. The van der Waals surface area contributed by atoms with Crippen molar-refractivity contribution >= 4 is 17.7 Å². The zero-order valence-electron chi connectivity index (χ0n) is 8.07. The summed E-state index contributed by atoms with van der Waals surface area (Å²) in [6.07, 6.45) is 3.09.